The fourth-order valence-electron chi connectivity index (χ4n) is 2.74. The van der Waals surface area contributed by atoms with Gasteiger partial charge in [-0.15, -0.1) is 11.3 Å². The first kappa shape index (κ1) is 13.6. The van der Waals surface area contributed by atoms with E-state index in [1.807, 2.05) is 29.9 Å². The molecule has 0 N–H and O–H groups in total. The number of nitriles is 1. The van der Waals surface area contributed by atoms with Crippen LogP contribution in [0.4, 0.5) is 5.69 Å². The molecule has 1 saturated heterocycles. The van der Waals surface area contributed by atoms with Gasteiger partial charge in [-0.1, -0.05) is 6.07 Å². The van der Waals surface area contributed by atoms with Crippen molar-refractivity contribution >= 4 is 33.0 Å². The first-order valence-corrected chi connectivity index (χ1v) is 8.29. The summed E-state index contributed by atoms with van der Waals surface area (Å²) in [7, 11) is 0. The zero-order valence-electron chi connectivity index (χ0n) is 10.9. The number of aromatic nitrogens is 1. The first-order chi connectivity index (χ1) is 9.79. The van der Waals surface area contributed by atoms with Crippen LogP contribution in [0, 0.1) is 11.3 Å². The molecule has 5 heteroatoms. The summed E-state index contributed by atoms with van der Waals surface area (Å²) in [5.74, 6) is 0.617. The lowest BCUT2D eigenvalue weighted by Crippen LogP contribution is -2.33. The van der Waals surface area contributed by atoms with Crippen molar-refractivity contribution in [2.75, 3.05) is 18.0 Å². The molecule has 1 fully saturated rings. The molecule has 0 saturated carbocycles. The summed E-state index contributed by atoms with van der Waals surface area (Å²) >= 11 is 5.32. The van der Waals surface area contributed by atoms with Crippen LogP contribution in [-0.2, 0) is 0 Å². The predicted molar refractivity (Wildman–Crippen MR) is 85.2 cm³/mol. The van der Waals surface area contributed by atoms with Gasteiger partial charge in [0.25, 0.3) is 0 Å². The van der Waals surface area contributed by atoms with Crippen molar-refractivity contribution in [1.29, 1.82) is 5.26 Å². The molecule has 3 rings (SSSR count). The number of thiazole rings is 1. The smallest absolute Gasteiger partial charge is 0.101 e. The van der Waals surface area contributed by atoms with E-state index in [0.717, 1.165) is 41.7 Å². The van der Waals surface area contributed by atoms with E-state index in [-0.39, 0.29) is 0 Å². The first-order valence-electron chi connectivity index (χ1n) is 6.61. The van der Waals surface area contributed by atoms with Gasteiger partial charge in [0.05, 0.1) is 16.8 Å². The van der Waals surface area contributed by atoms with E-state index in [2.05, 4.69) is 31.9 Å². The lowest BCUT2D eigenvalue weighted by molar-refractivity contribution is 0.510. The number of nitrogens with zero attached hydrogens (tertiary/aromatic N) is 3. The number of hydrogen-bond acceptors (Lipinski definition) is 4. The lowest BCUT2D eigenvalue weighted by atomic mass is 9.95. The van der Waals surface area contributed by atoms with E-state index in [4.69, 9.17) is 0 Å². The summed E-state index contributed by atoms with van der Waals surface area (Å²) in [5, 5.41) is 9.27. The molecule has 3 nitrogen and oxygen atoms in total. The van der Waals surface area contributed by atoms with E-state index in [1.165, 1.54) is 4.88 Å². The van der Waals surface area contributed by atoms with Crippen molar-refractivity contribution in [1.82, 2.24) is 4.98 Å². The third kappa shape index (κ3) is 2.58. The fourth-order valence-corrected chi connectivity index (χ4v) is 4.15. The highest BCUT2D eigenvalue weighted by molar-refractivity contribution is 9.10. The van der Waals surface area contributed by atoms with Gasteiger partial charge in [0, 0.05) is 28.6 Å². The van der Waals surface area contributed by atoms with Crippen LogP contribution < -0.4 is 4.90 Å². The number of piperidine rings is 1. The van der Waals surface area contributed by atoms with Crippen LogP contribution in [0.5, 0.6) is 0 Å². The zero-order chi connectivity index (χ0) is 13.9. The van der Waals surface area contributed by atoms with E-state index >= 15 is 0 Å². The Bertz CT molecular complexity index is 625. The fraction of sp³-hybridized carbons (Fsp3) is 0.333. The van der Waals surface area contributed by atoms with Crippen LogP contribution in [0.2, 0.25) is 0 Å². The van der Waals surface area contributed by atoms with E-state index in [1.54, 1.807) is 11.3 Å². The third-order valence-electron chi connectivity index (χ3n) is 3.77. The van der Waals surface area contributed by atoms with Crippen LogP contribution in [0.15, 0.2) is 34.4 Å². The summed E-state index contributed by atoms with van der Waals surface area (Å²) in [6, 6.07) is 8.10. The maximum atomic E-state index is 9.27. The number of benzene rings is 1. The number of para-hydroxylation sites is 1. The quantitative estimate of drug-likeness (QED) is 0.818. The highest BCUT2D eigenvalue weighted by Crippen LogP contribution is 2.36. The van der Waals surface area contributed by atoms with Crippen molar-refractivity contribution in [2.45, 2.75) is 18.8 Å². The van der Waals surface area contributed by atoms with E-state index < -0.39 is 0 Å². The highest BCUT2D eigenvalue weighted by atomic mass is 79.9. The molecule has 0 amide bonds. The molecule has 1 aromatic carbocycles. The summed E-state index contributed by atoms with van der Waals surface area (Å²) in [4.78, 5) is 7.88. The summed E-state index contributed by atoms with van der Waals surface area (Å²) < 4.78 is 1.01. The molecule has 2 heterocycles. The van der Waals surface area contributed by atoms with Gasteiger partial charge in [0.2, 0.25) is 0 Å². The SMILES string of the molecule is N#Cc1cccc(Br)c1N1CCC(c2cncs2)CC1. The number of halogens is 1. The number of anilines is 1. The van der Waals surface area contributed by atoms with Gasteiger partial charge in [0.15, 0.2) is 0 Å². The maximum Gasteiger partial charge on any atom is 0.101 e. The highest BCUT2D eigenvalue weighted by Gasteiger charge is 2.24. The molecule has 0 unspecified atom stereocenters. The second-order valence-electron chi connectivity index (χ2n) is 4.91. The average molecular weight is 348 g/mol. The molecule has 0 aliphatic carbocycles. The maximum absolute atomic E-state index is 9.27. The minimum Gasteiger partial charge on any atom is -0.370 e. The number of hydrogen-bond donors (Lipinski definition) is 0. The Morgan fingerprint density at radius 2 is 2.15 bits per heavy atom. The Balaban J connectivity index is 1.77. The molecule has 20 heavy (non-hydrogen) atoms. The second-order valence-corrected chi connectivity index (χ2v) is 6.69. The van der Waals surface area contributed by atoms with Crippen LogP contribution >= 0.6 is 27.3 Å². The summed E-state index contributed by atoms with van der Waals surface area (Å²) in [6.07, 6.45) is 4.23. The molecule has 0 spiro atoms. The van der Waals surface area contributed by atoms with Gasteiger partial charge in [-0.25, -0.2) is 0 Å². The molecule has 2 aromatic rings. The summed E-state index contributed by atoms with van der Waals surface area (Å²) in [5.41, 5.74) is 3.69. The van der Waals surface area contributed by atoms with Crippen molar-refractivity contribution in [3.05, 3.63) is 44.8 Å². The second kappa shape index (κ2) is 5.94. The predicted octanol–water partition coefficient (Wildman–Crippen LogP) is 4.16. The number of rotatable bonds is 2. The third-order valence-corrected chi connectivity index (χ3v) is 5.35. The Kier molecular flexibility index (Phi) is 4.04. The Labute approximate surface area is 131 Å². The Hall–Kier alpha value is -1.38. The molecular weight excluding hydrogens is 334 g/mol. The van der Waals surface area contributed by atoms with Crippen molar-refractivity contribution in [2.24, 2.45) is 0 Å². The standard InChI is InChI=1S/C15H14BrN3S/c16-13-3-1-2-12(8-17)15(13)19-6-4-11(5-7-19)14-9-18-10-20-14/h1-3,9-11H,4-7H2. The normalized spacial score (nSPS) is 16.1. The topological polar surface area (TPSA) is 39.9 Å². The zero-order valence-corrected chi connectivity index (χ0v) is 13.3. The van der Waals surface area contributed by atoms with Gasteiger partial charge in [-0.2, -0.15) is 5.26 Å². The average Bonchev–Trinajstić information content (AvgIpc) is 3.01. The van der Waals surface area contributed by atoms with Gasteiger partial charge >= 0.3 is 0 Å². The van der Waals surface area contributed by atoms with Crippen LogP contribution in [-0.4, -0.2) is 18.1 Å². The minimum absolute atomic E-state index is 0.617. The monoisotopic (exact) mass is 347 g/mol. The Morgan fingerprint density at radius 3 is 2.80 bits per heavy atom. The van der Waals surface area contributed by atoms with Crippen molar-refractivity contribution < 1.29 is 0 Å². The molecule has 0 radical (unpaired) electrons. The van der Waals surface area contributed by atoms with Crippen molar-refractivity contribution in [3.8, 4) is 6.07 Å². The molecule has 102 valence electrons. The van der Waals surface area contributed by atoms with E-state index in [9.17, 15) is 5.26 Å². The van der Waals surface area contributed by atoms with Gasteiger partial charge in [0.1, 0.15) is 6.07 Å². The molecule has 0 bridgehead atoms. The lowest BCUT2D eigenvalue weighted by Gasteiger charge is -2.34. The van der Waals surface area contributed by atoms with Crippen LogP contribution in [0.3, 0.4) is 0 Å². The molecule has 1 aliphatic heterocycles. The molecular formula is C15H14BrN3S. The molecule has 1 aromatic heterocycles. The van der Waals surface area contributed by atoms with Gasteiger partial charge in [-0.05, 0) is 46.8 Å². The largest absolute Gasteiger partial charge is 0.370 e. The van der Waals surface area contributed by atoms with Crippen LogP contribution in [0.1, 0.15) is 29.2 Å². The molecule has 1 aliphatic rings. The van der Waals surface area contributed by atoms with Crippen LogP contribution in [0.25, 0.3) is 0 Å². The minimum atomic E-state index is 0.617. The van der Waals surface area contributed by atoms with Crippen molar-refractivity contribution in [3.63, 3.8) is 0 Å². The van der Waals surface area contributed by atoms with E-state index in [0.29, 0.717) is 5.92 Å². The van der Waals surface area contributed by atoms with Gasteiger partial charge in [-0.3, -0.25) is 4.98 Å². The molecule has 0 atom stereocenters. The Morgan fingerprint density at radius 1 is 1.35 bits per heavy atom. The summed E-state index contributed by atoms with van der Waals surface area (Å²) in [6.45, 7) is 1.97. The van der Waals surface area contributed by atoms with Gasteiger partial charge < -0.3 is 4.90 Å².